The smallest absolute Gasteiger partial charge is 0.131 e. The fraction of sp³-hybridized carbons (Fsp3) is 0.238. The van der Waals surface area contributed by atoms with Gasteiger partial charge in [-0.2, -0.15) is 5.10 Å². The zero-order valence-corrected chi connectivity index (χ0v) is 16.6. The first-order valence-corrected chi connectivity index (χ1v) is 9.98. The van der Waals surface area contributed by atoms with Gasteiger partial charge in [0.05, 0.1) is 26.5 Å². The molecule has 0 saturated heterocycles. The van der Waals surface area contributed by atoms with Crippen LogP contribution in [-0.2, 0) is 12.8 Å². The molecule has 0 unspecified atom stereocenters. The van der Waals surface area contributed by atoms with Crippen molar-refractivity contribution in [2.24, 2.45) is 0 Å². The van der Waals surface area contributed by atoms with Gasteiger partial charge in [0.25, 0.3) is 0 Å². The molecule has 130 valence electrons. The number of aromatic amines is 1. The maximum absolute atomic E-state index is 10.1. The quantitative estimate of drug-likeness (QED) is 0.384. The zero-order valence-electron chi connectivity index (χ0n) is 14.4. The average molecular weight is 455 g/mol. The number of H-pyrrole nitrogens is 1. The summed E-state index contributed by atoms with van der Waals surface area (Å²) in [6.45, 7) is 1.95. The highest BCUT2D eigenvalue weighted by Crippen LogP contribution is 2.39. The zero-order chi connectivity index (χ0) is 17.8. The summed E-state index contributed by atoms with van der Waals surface area (Å²) in [5.74, 6) is 0.365. The summed E-state index contributed by atoms with van der Waals surface area (Å²) in [7, 11) is 0. The Morgan fingerprint density at radius 2 is 1.92 bits per heavy atom. The number of benzene rings is 2. The molecule has 0 aliphatic heterocycles. The third-order valence-electron chi connectivity index (χ3n) is 5.42. The van der Waals surface area contributed by atoms with E-state index in [-0.39, 0.29) is 0 Å². The largest absolute Gasteiger partial charge is 0.507 e. The van der Waals surface area contributed by atoms with Crippen molar-refractivity contribution < 1.29 is 5.11 Å². The van der Waals surface area contributed by atoms with Crippen LogP contribution in [0.4, 0.5) is 0 Å². The molecule has 2 N–H and O–H groups in total. The van der Waals surface area contributed by atoms with Gasteiger partial charge in [-0.3, -0.25) is 5.10 Å². The lowest BCUT2D eigenvalue weighted by Gasteiger charge is -2.22. The summed E-state index contributed by atoms with van der Waals surface area (Å²) < 4.78 is 0.870. The fourth-order valence-electron chi connectivity index (χ4n) is 4.16. The second-order valence-electron chi connectivity index (χ2n) is 7.04. The van der Waals surface area contributed by atoms with Gasteiger partial charge in [-0.1, -0.05) is 0 Å². The minimum absolute atomic E-state index is 0.365. The van der Waals surface area contributed by atoms with E-state index in [0.717, 1.165) is 49.7 Å². The molecule has 5 rings (SSSR count). The topological polar surface area (TPSA) is 61.8 Å². The molecule has 2 aromatic carbocycles. The molecule has 0 spiro atoms. The van der Waals surface area contributed by atoms with Crippen molar-refractivity contribution in [3.05, 3.63) is 50.7 Å². The molecule has 0 bridgehead atoms. The molecule has 0 saturated carbocycles. The lowest BCUT2D eigenvalue weighted by Crippen LogP contribution is -2.08. The molecular formula is C21H18IN3O. The van der Waals surface area contributed by atoms with Crippen LogP contribution < -0.4 is 0 Å². The van der Waals surface area contributed by atoms with Crippen molar-refractivity contribution in [2.45, 2.75) is 32.6 Å². The first-order chi connectivity index (χ1) is 12.6. The van der Waals surface area contributed by atoms with E-state index in [4.69, 9.17) is 4.98 Å². The number of aryl methyl sites for hydroxylation is 2. The first kappa shape index (κ1) is 16.1. The SMILES string of the molecule is Cc1cc(-c2nc3ccc4[nH]ncc4c3c3c2CCCC3)cc(I)c1O. The van der Waals surface area contributed by atoms with Gasteiger partial charge >= 0.3 is 0 Å². The third kappa shape index (κ3) is 2.33. The number of aromatic nitrogens is 3. The molecule has 2 heterocycles. The number of halogens is 1. The van der Waals surface area contributed by atoms with Gasteiger partial charge in [-0.15, -0.1) is 0 Å². The summed E-state index contributed by atoms with van der Waals surface area (Å²) in [5.41, 5.74) is 7.92. The van der Waals surface area contributed by atoms with Gasteiger partial charge in [-0.05, 0) is 96.2 Å². The summed E-state index contributed by atoms with van der Waals surface area (Å²) in [6.07, 6.45) is 6.47. The van der Waals surface area contributed by atoms with Crippen molar-refractivity contribution in [3.63, 3.8) is 0 Å². The Labute approximate surface area is 164 Å². The van der Waals surface area contributed by atoms with E-state index in [0.29, 0.717) is 5.75 Å². The van der Waals surface area contributed by atoms with E-state index in [9.17, 15) is 5.11 Å². The summed E-state index contributed by atoms with van der Waals surface area (Å²) >= 11 is 2.20. The second-order valence-corrected chi connectivity index (χ2v) is 8.20. The van der Waals surface area contributed by atoms with Crippen LogP contribution in [0, 0.1) is 10.5 Å². The summed E-state index contributed by atoms with van der Waals surface area (Å²) in [5, 5.41) is 19.9. The van der Waals surface area contributed by atoms with Gasteiger partial charge < -0.3 is 5.11 Å². The highest BCUT2D eigenvalue weighted by molar-refractivity contribution is 14.1. The number of pyridine rings is 1. The van der Waals surface area contributed by atoms with Crippen molar-refractivity contribution >= 4 is 44.4 Å². The van der Waals surface area contributed by atoms with Crippen LogP contribution in [0.15, 0.2) is 30.5 Å². The van der Waals surface area contributed by atoms with Crippen molar-refractivity contribution in [2.75, 3.05) is 0 Å². The predicted molar refractivity (Wildman–Crippen MR) is 113 cm³/mol. The predicted octanol–water partition coefficient (Wildman–Crippen LogP) is 5.28. The standard InChI is InChI=1S/C21H18IN3O/c1-11-8-12(9-16(22)21(11)26)20-14-5-3-2-4-13(14)19-15-10-23-25-17(15)6-7-18(19)24-20/h6-10,26H,2-5H2,1H3,(H,23,25). The molecule has 1 aliphatic rings. The van der Waals surface area contributed by atoms with E-state index < -0.39 is 0 Å². The normalized spacial score (nSPS) is 14.1. The molecule has 0 amide bonds. The van der Waals surface area contributed by atoms with E-state index in [1.165, 1.54) is 29.4 Å². The molecule has 2 aromatic heterocycles. The number of rotatable bonds is 1. The van der Waals surface area contributed by atoms with Crippen molar-refractivity contribution in [1.29, 1.82) is 0 Å². The number of aromatic hydroxyl groups is 1. The van der Waals surface area contributed by atoms with Crippen LogP contribution >= 0.6 is 22.6 Å². The van der Waals surface area contributed by atoms with E-state index in [1.54, 1.807) is 0 Å². The van der Waals surface area contributed by atoms with Gasteiger partial charge in [0.15, 0.2) is 0 Å². The molecule has 4 nitrogen and oxygen atoms in total. The number of phenols is 1. The molecule has 5 heteroatoms. The minimum atomic E-state index is 0.365. The van der Waals surface area contributed by atoms with Crippen LogP contribution in [0.25, 0.3) is 33.1 Å². The van der Waals surface area contributed by atoms with E-state index in [2.05, 4.69) is 51.0 Å². The molecule has 26 heavy (non-hydrogen) atoms. The summed E-state index contributed by atoms with van der Waals surface area (Å²) in [4.78, 5) is 5.07. The number of phenolic OH excluding ortho intramolecular Hbond substituents is 1. The lowest BCUT2D eigenvalue weighted by atomic mass is 9.85. The van der Waals surface area contributed by atoms with Crippen molar-refractivity contribution in [3.8, 4) is 17.0 Å². The maximum atomic E-state index is 10.1. The number of nitrogens with zero attached hydrogens (tertiary/aromatic N) is 2. The number of nitrogens with one attached hydrogen (secondary N) is 1. The first-order valence-electron chi connectivity index (χ1n) is 8.90. The minimum Gasteiger partial charge on any atom is -0.507 e. The van der Waals surface area contributed by atoms with Gasteiger partial charge in [0, 0.05) is 16.3 Å². The summed E-state index contributed by atoms with van der Waals surface area (Å²) in [6, 6.07) is 8.24. The van der Waals surface area contributed by atoms with Crippen LogP contribution in [0.5, 0.6) is 5.75 Å². The molecule has 1 aliphatic carbocycles. The highest BCUT2D eigenvalue weighted by Gasteiger charge is 2.21. The molecule has 0 radical (unpaired) electrons. The van der Waals surface area contributed by atoms with Gasteiger partial charge in [0.2, 0.25) is 0 Å². The van der Waals surface area contributed by atoms with Crippen molar-refractivity contribution in [1.82, 2.24) is 15.2 Å². The number of fused-ring (bicyclic) bond motifs is 5. The number of hydrogen-bond donors (Lipinski definition) is 2. The molecule has 0 fully saturated rings. The van der Waals surface area contributed by atoms with E-state index in [1.807, 2.05) is 19.2 Å². The Morgan fingerprint density at radius 3 is 2.73 bits per heavy atom. The lowest BCUT2D eigenvalue weighted by molar-refractivity contribution is 0.467. The second kappa shape index (κ2) is 5.94. The van der Waals surface area contributed by atoms with E-state index >= 15 is 0 Å². The Bertz CT molecular complexity index is 1160. The Kier molecular flexibility index (Phi) is 3.67. The molecular weight excluding hydrogens is 437 g/mol. The molecule has 4 aromatic rings. The van der Waals surface area contributed by atoms with Crippen LogP contribution in [0.3, 0.4) is 0 Å². The number of hydrogen-bond acceptors (Lipinski definition) is 3. The van der Waals surface area contributed by atoms with Crippen LogP contribution in [-0.4, -0.2) is 20.3 Å². The Hall–Kier alpha value is -2.15. The highest BCUT2D eigenvalue weighted by atomic mass is 127. The fourth-order valence-corrected chi connectivity index (χ4v) is 4.92. The van der Waals surface area contributed by atoms with Crippen LogP contribution in [0.1, 0.15) is 29.5 Å². The third-order valence-corrected chi connectivity index (χ3v) is 6.24. The monoisotopic (exact) mass is 455 g/mol. The maximum Gasteiger partial charge on any atom is 0.131 e. The van der Waals surface area contributed by atoms with Gasteiger partial charge in [0.1, 0.15) is 5.75 Å². The molecule has 0 atom stereocenters. The Morgan fingerprint density at radius 1 is 1.12 bits per heavy atom. The Balaban J connectivity index is 1.88. The van der Waals surface area contributed by atoms with Crippen LogP contribution in [0.2, 0.25) is 0 Å². The average Bonchev–Trinajstić information content (AvgIpc) is 3.13. The van der Waals surface area contributed by atoms with Gasteiger partial charge in [-0.25, -0.2) is 4.98 Å².